The Morgan fingerprint density at radius 1 is 1.43 bits per heavy atom. The van der Waals surface area contributed by atoms with E-state index in [2.05, 4.69) is 25.8 Å². The molecule has 7 nitrogen and oxygen atoms in total. The standard InChI is InChI=1S/C12H8Cl2N6O/c13-8-1-2-10(9(14)3-8)19-11(21)7(4-15)5-16-12-17-6-18-20-12/h1-3,5-6H,(H,19,21)(H2,16,17,18,20)/b7-5-. The molecular weight excluding hydrogens is 315 g/mol. The Morgan fingerprint density at radius 2 is 2.24 bits per heavy atom. The van der Waals surface area contributed by atoms with Crippen LogP contribution in [0.5, 0.6) is 0 Å². The third-order valence-electron chi connectivity index (χ3n) is 2.31. The first-order valence-corrected chi connectivity index (χ1v) is 6.34. The third-order valence-corrected chi connectivity index (χ3v) is 2.86. The maximum Gasteiger partial charge on any atom is 0.267 e. The molecule has 21 heavy (non-hydrogen) atoms. The molecule has 0 aliphatic heterocycles. The lowest BCUT2D eigenvalue weighted by atomic mass is 10.2. The van der Waals surface area contributed by atoms with Gasteiger partial charge in [-0.3, -0.25) is 4.79 Å². The zero-order valence-electron chi connectivity index (χ0n) is 10.4. The van der Waals surface area contributed by atoms with E-state index in [1.165, 1.54) is 18.6 Å². The van der Waals surface area contributed by atoms with Gasteiger partial charge in [-0.05, 0) is 18.2 Å². The summed E-state index contributed by atoms with van der Waals surface area (Å²) in [5.41, 5.74) is 0.198. The van der Waals surface area contributed by atoms with Crippen molar-refractivity contribution in [3.63, 3.8) is 0 Å². The molecule has 0 saturated carbocycles. The van der Waals surface area contributed by atoms with Crippen molar-refractivity contribution in [3.05, 3.63) is 46.3 Å². The molecule has 0 unspecified atom stereocenters. The number of H-pyrrole nitrogens is 1. The van der Waals surface area contributed by atoms with Gasteiger partial charge < -0.3 is 10.6 Å². The second-order valence-corrected chi connectivity index (χ2v) is 4.57. The Hall–Kier alpha value is -2.56. The first-order valence-electron chi connectivity index (χ1n) is 5.58. The lowest BCUT2D eigenvalue weighted by molar-refractivity contribution is -0.112. The summed E-state index contributed by atoms with van der Waals surface area (Å²) in [4.78, 5) is 15.8. The number of benzene rings is 1. The summed E-state index contributed by atoms with van der Waals surface area (Å²) in [5, 5.41) is 21.0. The van der Waals surface area contributed by atoms with Crippen LogP contribution in [0.3, 0.4) is 0 Å². The minimum absolute atomic E-state index is 0.155. The van der Waals surface area contributed by atoms with Crippen LogP contribution in [0.4, 0.5) is 11.6 Å². The molecule has 0 fully saturated rings. The molecule has 1 amide bonds. The van der Waals surface area contributed by atoms with E-state index in [1.807, 2.05) is 0 Å². The molecule has 2 aromatic rings. The number of nitriles is 1. The molecule has 0 spiro atoms. The number of amides is 1. The van der Waals surface area contributed by atoms with Crippen LogP contribution < -0.4 is 10.6 Å². The lowest BCUT2D eigenvalue weighted by Crippen LogP contribution is -2.15. The van der Waals surface area contributed by atoms with E-state index in [1.54, 1.807) is 18.2 Å². The second-order valence-electron chi connectivity index (χ2n) is 3.73. The smallest absolute Gasteiger partial charge is 0.267 e. The number of nitrogens with one attached hydrogen (secondary N) is 3. The third kappa shape index (κ3) is 3.95. The van der Waals surface area contributed by atoms with E-state index in [0.717, 1.165) is 0 Å². The number of hydrogen-bond acceptors (Lipinski definition) is 5. The second kappa shape index (κ2) is 6.74. The topological polar surface area (TPSA) is 106 Å². The minimum Gasteiger partial charge on any atom is -0.330 e. The summed E-state index contributed by atoms with van der Waals surface area (Å²) in [6.07, 6.45) is 2.50. The minimum atomic E-state index is -0.617. The fourth-order valence-electron chi connectivity index (χ4n) is 1.34. The number of aromatic amines is 1. The van der Waals surface area contributed by atoms with Gasteiger partial charge in [-0.1, -0.05) is 23.2 Å². The van der Waals surface area contributed by atoms with Gasteiger partial charge in [0.05, 0.1) is 10.7 Å². The molecule has 1 aromatic heterocycles. The van der Waals surface area contributed by atoms with E-state index < -0.39 is 5.91 Å². The fraction of sp³-hybridized carbons (Fsp3) is 0. The van der Waals surface area contributed by atoms with E-state index in [-0.39, 0.29) is 10.6 Å². The van der Waals surface area contributed by atoms with Crippen LogP contribution in [0.2, 0.25) is 10.0 Å². The van der Waals surface area contributed by atoms with Gasteiger partial charge in [-0.25, -0.2) is 5.10 Å². The SMILES string of the molecule is N#C/C(=C/Nc1ncn[nH]1)C(=O)Nc1ccc(Cl)cc1Cl. The van der Waals surface area contributed by atoms with Gasteiger partial charge in [0, 0.05) is 11.2 Å². The van der Waals surface area contributed by atoms with Crippen molar-refractivity contribution in [2.75, 3.05) is 10.6 Å². The summed E-state index contributed by atoms with van der Waals surface area (Å²) in [7, 11) is 0. The van der Waals surface area contributed by atoms with Crippen LogP contribution in [0.1, 0.15) is 0 Å². The number of nitrogens with zero attached hydrogens (tertiary/aromatic N) is 3. The highest BCUT2D eigenvalue weighted by molar-refractivity contribution is 6.36. The maximum atomic E-state index is 12.0. The van der Waals surface area contributed by atoms with Gasteiger partial charge in [-0.2, -0.15) is 15.3 Å². The number of hydrogen-bond donors (Lipinski definition) is 3. The molecule has 106 valence electrons. The van der Waals surface area contributed by atoms with E-state index in [9.17, 15) is 4.79 Å². The van der Waals surface area contributed by atoms with E-state index in [4.69, 9.17) is 28.5 Å². The van der Waals surface area contributed by atoms with Crippen LogP contribution >= 0.6 is 23.2 Å². The fourth-order valence-corrected chi connectivity index (χ4v) is 1.80. The number of anilines is 2. The average Bonchev–Trinajstić information content (AvgIpc) is 2.96. The molecule has 9 heteroatoms. The van der Waals surface area contributed by atoms with Gasteiger partial charge in [0.25, 0.3) is 5.91 Å². The summed E-state index contributed by atoms with van der Waals surface area (Å²) < 4.78 is 0. The summed E-state index contributed by atoms with van der Waals surface area (Å²) >= 11 is 11.7. The van der Waals surface area contributed by atoms with Crippen molar-refractivity contribution in [2.45, 2.75) is 0 Å². The normalized spacial score (nSPS) is 10.8. The number of aromatic nitrogens is 3. The predicted molar refractivity (Wildman–Crippen MR) is 78.8 cm³/mol. The van der Waals surface area contributed by atoms with Gasteiger partial charge in [0.2, 0.25) is 5.95 Å². The van der Waals surface area contributed by atoms with Gasteiger partial charge in [0.1, 0.15) is 18.0 Å². The van der Waals surface area contributed by atoms with Crippen LogP contribution in [0.25, 0.3) is 0 Å². The lowest BCUT2D eigenvalue weighted by Gasteiger charge is -2.06. The van der Waals surface area contributed by atoms with Crippen LogP contribution in [0, 0.1) is 11.3 Å². The van der Waals surface area contributed by atoms with Crippen LogP contribution in [0.15, 0.2) is 36.3 Å². The van der Waals surface area contributed by atoms with Gasteiger partial charge in [0.15, 0.2) is 0 Å². The van der Waals surface area contributed by atoms with Gasteiger partial charge in [-0.15, -0.1) is 0 Å². The first-order chi connectivity index (χ1) is 10.1. The number of halogens is 2. The molecule has 3 N–H and O–H groups in total. The largest absolute Gasteiger partial charge is 0.330 e. The number of carbonyl (C=O) groups is 1. The Kier molecular flexibility index (Phi) is 4.77. The molecule has 2 rings (SSSR count). The highest BCUT2D eigenvalue weighted by Crippen LogP contribution is 2.25. The zero-order chi connectivity index (χ0) is 15.2. The molecule has 0 bridgehead atoms. The van der Waals surface area contributed by atoms with Gasteiger partial charge >= 0.3 is 0 Å². The molecule has 0 aliphatic carbocycles. The molecule has 0 radical (unpaired) electrons. The predicted octanol–water partition coefficient (Wildman–Crippen LogP) is 2.57. The van der Waals surface area contributed by atoms with Crippen LogP contribution in [-0.2, 0) is 4.79 Å². The molecule has 1 heterocycles. The highest BCUT2D eigenvalue weighted by atomic mass is 35.5. The Bertz CT molecular complexity index is 720. The number of carbonyl (C=O) groups excluding carboxylic acids is 1. The average molecular weight is 323 g/mol. The molecular formula is C12H8Cl2N6O. The van der Waals surface area contributed by atoms with Crippen LogP contribution in [-0.4, -0.2) is 21.1 Å². The van der Waals surface area contributed by atoms with Crippen molar-refractivity contribution < 1.29 is 4.79 Å². The Labute approximate surface area is 129 Å². The van der Waals surface area contributed by atoms with Crippen molar-refractivity contribution in [1.82, 2.24) is 15.2 Å². The molecule has 1 aromatic carbocycles. The monoisotopic (exact) mass is 322 g/mol. The van der Waals surface area contributed by atoms with Crippen molar-refractivity contribution in [2.24, 2.45) is 0 Å². The molecule has 0 aliphatic rings. The highest BCUT2D eigenvalue weighted by Gasteiger charge is 2.11. The summed E-state index contributed by atoms with van der Waals surface area (Å²) in [6, 6.07) is 6.38. The Morgan fingerprint density at radius 3 is 2.86 bits per heavy atom. The summed E-state index contributed by atoms with van der Waals surface area (Å²) in [5.74, 6) is -0.311. The Balaban J connectivity index is 2.10. The zero-order valence-corrected chi connectivity index (χ0v) is 11.9. The van der Waals surface area contributed by atoms with E-state index >= 15 is 0 Å². The first kappa shape index (κ1) is 14.8. The van der Waals surface area contributed by atoms with Crippen molar-refractivity contribution in [1.29, 1.82) is 5.26 Å². The van der Waals surface area contributed by atoms with E-state index in [0.29, 0.717) is 16.7 Å². The maximum absolute atomic E-state index is 12.0. The molecule has 0 atom stereocenters. The summed E-state index contributed by atoms with van der Waals surface area (Å²) in [6.45, 7) is 0. The quantitative estimate of drug-likeness (QED) is 0.592. The molecule has 0 saturated heterocycles. The number of rotatable bonds is 4. The van der Waals surface area contributed by atoms with Crippen molar-refractivity contribution >= 4 is 40.7 Å². The van der Waals surface area contributed by atoms with Crippen molar-refractivity contribution in [3.8, 4) is 6.07 Å².